The van der Waals surface area contributed by atoms with E-state index in [4.69, 9.17) is 4.74 Å². The highest BCUT2D eigenvalue weighted by molar-refractivity contribution is 7.92. The Bertz CT molecular complexity index is 1900. The summed E-state index contributed by atoms with van der Waals surface area (Å²) in [5.41, 5.74) is 2.13. The summed E-state index contributed by atoms with van der Waals surface area (Å²) in [6, 6.07) is 20.1. The van der Waals surface area contributed by atoms with Crippen molar-refractivity contribution in [1.29, 1.82) is 0 Å². The Morgan fingerprint density at radius 3 is 2.47 bits per heavy atom. The third-order valence-electron chi connectivity index (χ3n) is 6.30. The average Bonchev–Trinajstić information content (AvgIpc) is 3.28. The Hall–Kier alpha value is -4.15. The van der Waals surface area contributed by atoms with Crippen molar-refractivity contribution in [1.82, 2.24) is 4.40 Å². The number of carboxylic acid groups (broad SMARTS) is 1. The average molecular weight is 549 g/mol. The highest BCUT2D eigenvalue weighted by Crippen LogP contribution is 2.39. The van der Waals surface area contributed by atoms with Crippen LogP contribution in [0.3, 0.4) is 0 Å². The number of thiazole rings is 1. The van der Waals surface area contributed by atoms with Crippen LogP contribution in [0.5, 0.6) is 5.75 Å². The van der Waals surface area contributed by atoms with Crippen molar-refractivity contribution in [2.45, 2.75) is 13.3 Å². The molecule has 0 aliphatic rings. The van der Waals surface area contributed by atoms with Gasteiger partial charge in [-0.2, -0.15) is 0 Å². The second kappa shape index (κ2) is 9.62. The minimum Gasteiger partial charge on any atom is -0.496 e. The maximum atomic E-state index is 13.4. The van der Waals surface area contributed by atoms with Gasteiger partial charge in [0.1, 0.15) is 10.6 Å². The molecule has 0 saturated heterocycles. The van der Waals surface area contributed by atoms with E-state index in [1.54, 1.807) is 25.3 Å². The number of methoxy groups -OCH3 is 1. The SMILES string of the molecule is COc1ccc(-c2sc3c(NS(C)(=O)=O)c(Cc4cccc5ccccc45)cc(=O)n3c2C(=O)O)cc1C. The number of fused-ring (bicyclic) bond motifs is 2. The van der Waals surface area contributed by atoms with E-state index in [0.29, 0.717) is 21.8 Å². The number of aromatic carboxylic acids is 1. The molecule has 2 heterocycles. The second-order valence-electron chi connectivity index (χ2n) is 8.98. The van der Waals surface area contributed by atoms with Crippen molar-refractivity contribution in [3.63, 3.8) is 0 Å². The number of hydrogen-bond donors (Lipinski definition) is 2. The molecule has 8 nitrogen and oxygen atoms in total. The summed E-state index contributed by atoms with van der Waals surface area (Å²) in [6.07, 6.45) is 1.29. The summed E-state index contributed by atoms with van der Waals surface area (Å²) >= 11 is 1.05. The first kappa shape index (κ1) is 25.5. The molecular weight excluding hydrogens is 524 g/mol. The zero-order chi connectivity index (χ0) is 27.2. The molecule has 5 aromatic rings. The standard InChI is InChI=1S/C28H24N2O6S2/c1-16-13-19(11-12-22(16)36-2)26-25(28(32)33)30-23(31)15-20(24(27(30)37-26)29-38(3,34)35)14-18-9-6-8-17-7-4-5-10-21(17)18/h4-13,15,29H,14H2,1-3H3,(H,32,33). The minimum absolute atomic E-state index is 0.184. The van der Waals surface area contributed by atoms with E-state index < -0.39 is 21.6 Å². The van der Waals surface area contributed by atoms with E-state index in [1.165, 1.54) is 6.07 Å². The first-order valence-electron chi connectivity index (χ1n) is 11.6. The maximum absolute atomic E-state index is 13.4. The third-order valence-corrected chi connectivity index (χ3v) is 8.09. The van der Waals surface area contributed by atoms with Gasteiger partial charge in [0.15, 0.2) is 5.69 Å². The molecule has 5 rings (SSSR count). The number of pyridine rings is 1. The first-order chi connectivity index (χ1) is 18.1. The molecule has 0 atom stereocenters. The predicted molar refractivity (Wildman–Crippen MR) is 150 cm³/mol. The lowest BCUT2D eigenvalue weighted by molar-refractivity contribution is 0.0690. The topological polar surface area (TPSA) is 114 Å². The van der Waals surface area contributed by atoms with Gasteiger partial charge in [0, 0.05) is 12.5 Å². The van der Waals surface area contributed by atoms with Gasteiger partial charge >= 0.3 is 5.97 Å². The summed E-state index contributed by atoms with van der Waals surface area (Å²) in [6.45, 7) is 1.83. The number of carbonyl (C=O) groups is 1. The van der Waals surface area contributed by atoms with Crippen LogP contribution in [-0.4, -0.2) is 37.3 Å². The van der Waals surface area contributed by atoms with Crippen molar-refractivity contribution >= 4 is 48.6 Å². The molecule has 2 aromatic heterocycles. The summed E-state index contributed by atoms with van der Waals surface area (Å²) < 4.78 is 33.8. The number of sulfonamides is 1. The highest BCUT2D eigenvalue weighted by atomic mass is 32.2. The van der Waals surface area contributed by atoms with Crippen molar-refractivity contribution in [3.05, 3.63) is 99.5 Å². The number of aromatic nitrogens is 1. The van der Waals surface area contributed by atoms with E-state index in [0.717, 1.165) is 43.9 Å². The smallest absolute Gasteiger partial charge is 0.354 e. The zero-order valence-electron chi connectivity index (χ0n) is 20.8. The van der Waals surface area contributed by atoms with E-state index in [9.17, 15) is 23.1 Å². The third kappa shape index (κ3) is 4.64. The van der Waals surface area contributed by atoms with Crippen LogP contribution in [0.1, 0.15) is 27.2 Å². The number of aryl methyl sites for hydroxylation is 1. The number of carboxylic acids is 1. The maximum Gasteiger partial charge on any atom is 0.354 e. The number of rotatable bonds is 7. The fraction of sp³-hybridized carbons (Fsp3) is 0.143. The summed E-state index contributed by atoms with van der Waals surface area (Å²) in [5.74, 6) is -0.658. The largest absolute Gasteiger partial charge is 0.496 e. The molecule has 194 valence electrons. The highest BCUT2D eigenvalue weighted by Gasteiger charge is 2.26. The van der Waals surface area contributed by atoms with Crippen LogP contribution >= 0.6 is 11.3 Å². The van der Waals surface area contributed by atoms with Crippen LogP contribution < -0.4 is 15.0 Å². The van der Waals surface area contributed by atoms with Gasteiger partial charge in [0.25, 0.3) is 5.56 Å². The van der Waals surface area contributed by atoms with E-state index in [2.05, 4.69) is 4.72 Å². The lowest BCUT2D eigenvalue weighted by Gasteiger charge is -2.14. The first-order valence-corrected chi connectivity index (χ1v) is 14.3. The quantitative estimate of drug-likeness (QED) is 0.290. The molecule has 10 heteroatoms. The Balaban J connectivity index is 1.80. The van der Waals surface area contributed by atoms with E-state index in [1.807, 2.05) is 49.4 Å². The predicted octanol–water partition coefficient (Wildman–Crippen LogP) is 5.16. The molecule has 2 N–H and O–H groups in total. The van der Waals surface area contributed by atoms with Crippen LogP contribution in [0.2, 0.25) is 0 Å². The van der Waals surface area contributed by atoms with Gasteiger partial charge in [-0.15, -0.1) is 11.3 Å². The van der Waals surface area contributed by atoms with Crippen molar-refractivity contribution in [3.8, 4) is 16.2 Å². The van der Waals surface area contributed by atoms with Gasteiger partial charge in [0.2, 0.25) is 10.0 Å². The van der Waals surface area contributed by atoms with E-state index in [-0.39, 0.29) is 22.6 Å². The lowest BCUT2D eigenvalue weighted by Crippen LogP contribution is -2.21. The molecular formula is C28H24N2O6S2. The molecule has 0 radical (unpaired) electrons. The monoisotopic (exact) mass is 548 g/mol. The minimum atomic E-state index is -3.77. The van der Waals surface area contributed by atoms with Crippen LogP contribution in [0.4, 0.5) is 5.69 Å². The van der Waals surface area contributed by atoms with Gasteiger partial charge in [0.05, 0.1) is 23.9 Å². The number of hydrogen-bond acceptors (Lipinski definition) is 6. The van der Waals surface area contributed by atoms with Crippen LogP contribution in [0.15, 0.2) is 71.5 Å². The van der Waals surface area contributed by atoms with Gasteiger partial charge in [-0.1, -0.05) is 42.5 Å². The summed E-state index contributed by atoms with van der Waals surface area (Å²) in [4.78, 5) is 26.4. The Morgan fingerprint density at radius 2 is 1.79 bits per heavy atom. The van der Waals surface area contributed by atoms with Gasteiger partial charge in [-0.05, 0) is 58.1 Å². The second-order valence-corrected chi connectivity index (χ2v) is 11.7. The Morgan fingerprint density at radius 1 is 1.05 bits per heavy atom. The van der Waals surface area contributed by atoms with Crippen molar-refractivity contribution in [2.75, 3.05) is 18.1 Å². The van der Waals surface area contributed by atoms with Gasteiger partial charge in [-0.25, -0.2) is 13.2 Å². The molecule has 0 aliphatic heterocycles. The van der Waals surface area contributed by atoms with Crippen molar-refractivity contribution < 1.29 is 23.1 Å². The molecule has 38 heavy (non-hydrogen) atoms. The molecule has 0 spiro atoms. The lowest BCUT2D eigenvalue weighted by atomic mass is 9.98. The summed E-state index contributed by atoms with van der Waals surface area (Å²) in [5, 5.41) is 12.1. The number of anilines is 1. The summed E-state index contributed by atoms with van der Waals surface area (Å²) in [7, 11) is -2.22. The van der Waals surface area contributed by atoms with Gasteiger partial charge < -0.3 is 9.84 Å². The Labute approximate surface area is 222 Å². The molecule has 0 unspecified atom stereocenters. The molecule has 3 aromatic carbocycles. The zero-order valence-corrected chi connectivity index (χ0v) is 22.4. The Kier molecular flexibility index (Phi) is 6.46. The van der Waals surface area contributed by atoms with Crippen molar-refractivity contribution in [2.24, 2.45) is 0 Å². The van der Waals surface area contributed by atoms with Crippen LogP contribution in [-0.2, 0) is 16.4 Å². The van der Waals surface area contributed by atoms with E-state index >= 15 is 0 Å². The normalized spacial score (nSPS) is 11.7. The number of benzene rings is 3. The van der Waals surface area contributed by atoms with Crippen LogP contribution in [0, 0.1) is 6.92 Å². The molecule has 0 saturated carbocycles. The number of ether oxygens (including phenoxy) is 1. The number of nitrogens with zero attached hydrogens (tertiary/aromatic N) is 1. The fourth-order valence-electron chi connectivity index (χ4n) is 4.68. The fourth-order valence-corrected chi connectivity index (χ4v) is 6.62. The number of nitrogens with one attached hydrogen (secondary N) is 1. The molecule has 0 fully saturated rings. The molecule has 0 amide bonds. The molecule has 0 bridgehead atoms. The molecule has 0 aliphatic carbocycles. The van der Waals surface area contributed by atoms with Gasteiger partial charge in [-0.3, -0.25) is 13.9 Å². The van der Waals surface area contributed by atoms with Crippen LogP contribution in [0.25, 0.3) is 26.0 Å².